The summed E-state index contributed by atoms with van der Waals surface area (Å²) in [5, 5.41) is 3.01. The minimum Gasteiger partial charge on any atom is -0.435 e. The first-order valence-electron chi connectivity index (χ1n) is 13.1. The molecule has 0 radical (unpaired) electrons. The van der Waals surface area contributed by atoms with Gasteiger partial charge < -0.3 is 19.9 Å². The predicted molar refractivity (Wildman–Crippen MR) is 141 cm³/mol. The van der Waals surface area contributed by atoms with Crippen molar-refractivity contribution < 1.29 is 31.5 Å². The summed E-state index contributed by atoms with van der Waals surface area (Å²) in [4.78, 5) is 28.7. The molecule has 0 bridgehead atoms. The zero-order valence-corrected chi connectivity index (χ0v) is 22.5. The summed E-state index contributed by atoms with van der Waals surface area (Å²) in [5.41, 5.74) is 2.49. The first-order valence-corrected chi connectivity index (χ1v) is 14.6. The fraction of sp³-hybridized carbons (Fsp3) is 0.481. The molecule has 2 fully saturated rings. The van der Waals surface area contributed by atoms with Gasteiger partial charge in [0, 0.05) is 49.5 Å². The topological polar surface area (TPSA) is 99.3 Å². The van der Waals surface area contributed by atoms with Crippen LogP contribution in [0.1, 0.15) is 31.2 Å². The zero-order valence-electron chi connectivity index (χ0n) is 21.7. The molecule has 2 aromatic rings. The summed E-state index contributed by atoms with van der Waals surface area (Å²) < 4.78 is 57.0. The number of ether oxygens (including phenoxy) is 1. The first kappa shape index (κ1) is 27.5. The smallest absolute Gasteiger partial charge is 0.387 e. The Labute approximate surface area is 226 Å². The molecule has 0 aliphatic carbocycles. The Morgan fingerprint density at radius 2 is 1.74 bits per heavy atom. The Morgan fingerprint density at radius 1 is 1.03 bits per heavy atom. The van der Waals surface area contributed by atoms with Crippen molar-refractivity contribution in [2.24, 2.45) is 5.92 Å². The van der Waals surface area contributed by atoms with Gasteiger partial charge in [0.15, 0.2) is 0 Å². The molecular weight excluding hydrogens is 530 g/mol. The van der Waals surface area contributed by atoms with Crippen LogP contribution >= 0.6 is 0 Å². The summed E-state index contributed by atoms with van der Waals surface area (Å²) in [6.45, 7) is -0.841. The van der Waals surface area contributed by atoms with Gasteiger partial charge in [-0.05, 0) is 74.7 Å². The zero-order chi connectivity index (χ0) is 27.7. The summed E-state index contributed by atoms with van der Waals surface area (Å²) in [5.74, 6) is -0.280. The number of carbonyl (C=O) groups excluding carboxylic acids is 2. The highest BCUT2D eigenvalue weighted by molar-refractivity contribution is 7.89. The number of sulfonamides is 1. The van der Waals surface area contributed by atoms with Crippen molar-refractivity contribution in [1.82, 2.24) is 9.21 Å². The SMILES string of the molecule is CN1C(=O)Cc2cc(NC(=O)C3CCN(C4CCN(S(=O)(=O)c5cccc(OC(F)F)c5)CC4)CC3)ccc21. The van der Waals surface area contributed by atoms with Gasteiger partial charge in [-0.1, -0.05) is 6.07 Å². The number of nitrogens with one attached hydrogen (secondary N) is 1. The Hall–Kier alpha value is -3.09. The summed E-state index contributed by atoms with van der Waals surface area (Å²) in [6, 6.07) is 11.0. The number of nitrogens with zero attached hydrogens (tertiary/aromatic N) is 3. The number of likely N-dealkylation sites (tertiary alicyclic amines) is 1. The van der Waals surface area contributed by atoms with Crippen LogP contribution in [0.5, 0.6) is 5.75 Å². The van der Waals surface area contributed by atoms with E-state index in [1.165, 1.54) is 22.5 Å². The second-order valence-electron chi connectivity index (χ2n) is 10.3. The van der Waals surface area contributed by atoms with Crippen LogP contribution in [0.15, 0.2) is 47.4 Å². The van der Waals surface area contributed by atoms with Gasteiger partial charge in [-0.15, -0.1) is 0 Å². The fourth-order valence-corrected chi connectivity index (χ4v) is 7.23. The number of alkyl halides is 2. The highest BCUT2D eigenvalue weighted by Gasteiger charge is 2.34. The molecule has 12 heteroatoms. The van der Waals surface area contributed by atoms with Crippen LogP contribution in [0.25, 0.3) is 0 Å². The maximum Gasteiger partial charge on any atom is 0.387 e. The number of hydrogen-bond acceptors (Lipinski definition) is 6. The second-order valence-corrected chi connectivity index (χ2v) is 12.2. The lowest BCUT2D eigenvalue weighted by Crippen LogP contribution is -2.49. The fourth-order valence-electron chi connectivity index (χ4n) is 5.73. The quantitative estimate of drug-likeness (QED) is 0.556. The average molecular weight is 563 g/mol. The summed E-state index contributed by atoms with van der Waals surface area (Å²) in [7, 11) is -2.07. The number of benzene rings is 2. The Kier molecular flexibility index (Phi) is 7.88. The van der Waals surface area contributed by atoms with E-state index >= 15 is 0 Å². The molecule has 2 amide bonds. The number of fused-ring (bicyclic) bond motifs is 1. The van der Waals surface area contributed by atoms with Crippen LogP contribution in [0.4, 0.5) is 20.2 Å². The second kappa shape index (κ2) is 11.2. The standard InChI is InChI=1S/C27H32F2N4O5S/c1-31-24-6-5-20(15-19(24)16-25(31)34)30-26(35)18-7-11-32(12-8-18)21-9-13-33(14-10-21)39(36,37)23-4-2-3-22(17-23)38-27(28)29/h2-6,15,17-18,21,27H,7-14,16H2,1H3,(H,30,35). The van der Waals surface area contributed by atoms with Gasteiger partial charge in [0.2, 0.25) is 21.8 Å². The van der Waals surface area contributed by atoms with Crippen LogP contribution in [0.2, 0.25) is 0 Å². The molecule has 1 N–H and O–H groups in total. The molecule has 0 aromatic heterocycles. The van der Waals surface area contributed by atoms with Crippen molar-refractivity contribution in [3.63, 3.8) is 0 Å². The number of carbonyl (C=O) groups is 2. The van der Waals surface area contributed by atoms with E-state index in [2.05, 4.69) is 15.0 Å². The van der Waals surface area contributed by atoms with E-state index < -0.39 is 16.6 Å². The third kappa shape index (κ3) is 5.92. The van der Waals surface area contributed by atoms with Crippen LogP contribution in [0.3, 0.4) is 0 Å². The molecule has 9 nitrogen and oxygen atoms in total. The van der Waals surface area contributed by atoms with Gasteiger partial charge in [0.25, 0.3) is 0 Å². The van der Waals surface area contributed by atoms with Crippen molar-refractivity contribution in [2.75, 3.05) is 43.4 Å². The van der Waals surface area contributed by atoms with E-state index in [9.17, 15) is 26.8 Å². The molecule has 0 saturated carbocycles. The number of halogens is 2. The highest BCUT2D eigenvalue weighted by atomic mass is 32.2. The van der Waals surface area contributed by atoms with Crippen LogP contribution in [-0.4, -0.2) is 75.3 Å². The Bertz CT molecular complexity index is 1340. The number of amides is 2. The van der Waals surface area contributed by atoms with E-state index in [1.54, 1.807) is 11.9 Å². The minimum atomic E-state index is -3.82. The van der Waals surface area contributed by atoms with E-state index in [4.69, 9.17) is 0 Å². The average Bonchev–Trinajstić information content (AvgIpc) is 3.21. The molecule has 3 aliphatic heterocycles. The molecule has 210 valence electrons. The van der Waals surface area contributed by atoms with Crippen molar-refractivity contribution in [1.29, 1.82) is 0 Å². The largest absolute Gasteiger partial charge is 0.435 e. The molecule has 0 atom stereocenters. The minimum absolute atomic E-state index is 0.0220. The van der Waals surface area contributed by atoms with Crippen molar-refractivity contribution in [2.45, 2.75) is 49.7 Å². The number of rotatable bonds is 7. The number of anilines is 2. The van der Waals surface area contributed by atoms with E-state index in [0.29, 0.717) is 50.9 Å². The van der Waals surface area contributed by atoms with Gasteiger partial charge in [-0.3, -0.25) is 9.59 Å². The van der Waals surface area contributed by atoms with Gasteiger partial charge in [0.1, 0.15) is 5.75 Å². The van der Waals surface area contributed by atoms with Gasteiger partial charge in [0.05, 0.1) is 11.3 Å². The molecule has 3 heterocycles. The lowest BCUT2D eigenvalue weighted by molar-refractivity contribution is -0.121. The number of piperidine rings is 2. The molecule has 5 rings (SSSR count). The van der Waals surface area contributed by atoms with Gasteiger partial charge in [-0.2, -0.15) is 13.1 Å². The van der Waals surface area contributed by atoms with Crippen LogP contribution < -0.4 is 15.0 Å². The monoisotopic (exact) mass is 562 g/mol. The summed E-state index contributed by atoms with van der Waals surface area (Å²) >= 11 is 0. The Balaban J connectivity index is 1.11. The van der Waals surface area contributed by atoms with E-state index in [0.717, 1.165) is 30.4 Å². The van der Waals surface area contributed by atoms with Crippen LogP contribution in [0, 0.1) is 5.92 Å². The first-order chi connectivity index (χ1) is 18.6. The lowest BCUT2D eigenvalue weighted by atomic mass is 9.93. The third-order valence-corrected chi connectivity index (χ3v) is 9.83. The van der Waals surface area contributed by atoms with E-state index in [1.807, 2.05) is 18.2 Å². The van der Waals surface area contributed by atoms with Crippen molar-refractivity contribution in [3.8, 4) is 5.75 Å². The van der Waals surface area contributed by atoms with Crippen molar-refractivity contribution in [3.05, 3.63) is 48.0 Å². The summed E-state index contributed by atoms with van der Waals surface area (Å²) in [6.07, 6.45) is 3.09. The Morgan fingerprint density at radius 3 is 2.44 bits per heavy atom. The molecule has 3 aliphatic rings. The predicted octanol–water partition coefficient (Wildman–Crippen LogP) is 3.31. The van der Waals surface area contributed by atoms with E-state index in [-0.39, 0.29) is 34.4 Å². The lowest BCUT2D eigenvalue weighted by Gasteiger charge is -2.41. The maximum atomic E-state index is 13.1. The molecule has 39 heavy (non-hydrogen) atoms. The molecule has 0 unspecified atom stereocenters. The molecule has 2 saturated heterocycles. The molecule has 0 spiro atoms. The normalized spacial score (nSPS) is 19.9. The number of likely N-dealkylation sites (N-methyl/N-ethyl adjacent to an activating group) is 1. The van der Waals surface area contributed by atoms with Crippen molar-refractivity contribution >= 4 is 33.2 Å². The van der Waals surface area contributed by atoms with Crippen LogP contribution in [-0.2, 0) is 26.0 Å². The number of hydrogen-bond donors (Lipinski definition) is 1. The van der Waals surface area contributed by atoms with Gasteiger partial charge in [-0.25, -0.2) is 8.42 Å². The molecule has 2 aromatic carbocycles. The maximum absolute atomic E-state index is 13.1. The highest BCUT2D eigenvalue weighted by Crippen LogP contribution is 2.31. The van der Waals surface area contributed by atoms with Gasteiger partial charge >= 0.3 is 6.61 Å². The third-order valence-electron chi connectivity index (χ3n) is 7.93. The molecular formula is C27H32F2N4O5S.